The fourth-order valence-corrected chi connectivity index (χ4v) is 5.41. The average molecular weight is 383 g/mol. The van der Waals surface area contributed by atoms with E-state index in [4.69, 9.17) is 0 Å². The summed E-state index contributed by atoms with van der Waals surface area (Å²) >= 11 is 0. The first-order chi connectivity index (χ1) is 14.5. The monoisotopic (exact) mass is 382 g/mol. The average Bonchev–Trinajstić information content (AvgIpc) is 2.71. The molecular formula is C30H22. The Bertz CT molecular complexity index is 1550. The molecule has 7 aromatic rings. The van der Waals surface area contributed by atoms with Crippen LogP contribution in [0.2, 0.25) is 0 Å². The number of benzene rings is 5. The zero-order chi connectivity index (χ0) is 20.3. The highest BCUT2D eigenvalue weighted by Crippen LogP contribution is 2.46. The minimum absolute atomic E-state index is 1.35. The topological polar surface area (TPSA) is 0 Å². The zero-order valence-corrected chi connectivity index (χ0v) is 17.8. The van der Waals surface area contributed by atoms with Crippen LogP contribution in [0, 0.1) is 27.7 Å². The third-order valence-corrected chi connectivity index (χ3v) is 7.50. The van der Waals surface area contributed by atoms with E-state index in [-0.39, 0.29) is 0 Å². The molecule has 0 aliphatic rings. The number of aryl methyl sites for hydroxylation is 4. The van der Waals surface area contributed by atoms with E-state index < -0.39 is 0 Å². The minimum atomic E-state index is 1.35. The van der Waals surface area contributed by atoms with Crippen LogP contribution >= 0.6 is 0 Å². The van der Waals surface area contributed by atoms with Gasteiger partial charge in [0.2, 0.25) is 0 Å². The number of rotatable bonds is 0. The van der Waals surface area contributed by atoms with E-state index in [1.807, 2.05) is 0 Å². The van der Waals surface area contributed by atoms with Crippen LogP contribution in [0.15, 0.2) is 60.7 Å². The van der Waals surface area contributed by atoms with Crippen LogP contribution in [0.25, 0.3) is 64.6 Å². The van der Waals surface area contributed by atoms with Crippen molar-refractivity contribution < 1.29 is 0 Å². The molecule has 0 amide bonds. The summed E-state index contributed by atoms with van der Waals surface area (Å²) in [5.74, 6) is 0. The van der Waals surface area contributed by atoms with Crippen molar-refractivity contribution in [1.82, 2.24) is 0 Å². The Morgan fingerprint density at radius 2 is 0.467 bits per heavy atom. The summed E-state index contributed by atoms with van der Waals surface area (Å²) < 4.78 is 0. The standard InChI is InChI=1S/C30H22/c1-15-5-19-9-23-24(10-20(19)6-16(15)2)28-14-30-26-12-22-8-18(4)17(3)7-21(22)11-25(26)29(30)13-27(23)28/h5-14H,1-4H3. The van der Waals surface area contributed by atoms with E-state index >= 15 is 0 Å². The van der Waals surface area contributed by atoms with Crippen LogP contribution in [-0.2, 0) is 0 Å². The van der Waals surface area contributed by atoms with Crippen LogP contribution in [0.5, 0.6) is 0 Å². The fourth-order valence-electron chi connectivity index (χ4n) is 5.41. The van der Waals surface area contributed by atoms with Gasteiger partial charge in [0.05, 0.1) is 0 Å². The van der Waals surface area contributed by atoms with E-state index in [1.54, 1.807) is 0 Å². The molecule has 0 N–H and O–H groups in total. The van der Waals surface area contributed by atoms with Gasteiger partial charge in [0.25, 0.3) is 0 Å². The van der Waals surface area contributed by atoms with Crippen molar-refractivity contribution in [1.29, 1.82) is 0 Å². The summed E-state index contributed by atoms with van der Waals surface area (Å²) in [5.41, 5.74) is 5.46. The highest BCUT2D eigenvalue weighted by Gasteiger charge is 2.18. The van der Waals surface area contributed by atoms with E-state index in [0.717, 1.165) is 0 Å². The van der Waals surface area contributed by atoms with Crippen molar-refractivity contribution in [3.63, 3.8) is 0 Å². The van der Waals surface area contributed by atoms with Gasteiger partial charge in [-0.2, -0.15) is 0 Å². The maximum atomic E-state index is 2.43. The molecular weight excluding hydrogens is 360 g/mol. The molecule has 0 aromatic heterocycles. The van der Waals surface area contributed by atoms with Gasteiger partial charge in [-0.1, -0.05) is 24.3 Å². The highest BCUT2D eigenvalue weighted by atomic mass is 14.2. The third-order valence-electron chi connectivity index (χ3n) is 7.50. The van der Waals surface area contributed by atoms with Crippen LogP contribution in [0.3, 0.4) is 0 Å². The Kier molecular flexibility index (Phi) is 2.85. The summed E-state index contributed by atoms with van der Waals surface area (Å²) in [7, 11) is 0. The van der Waals surface area contributed by atoms with Gasteiger partial charge < -0.3 is 0 Å². The molecule has 0 saturated carbocycles. The van der Waals surface area contributed by atoms with E-state index in [2.05, 4.69) is 88.4 Å². The number of hydrogen-bond acceptors (Lipinski definition) is 0. The summed E-state index contributed by atoms with van der Waals surface area (Å²) in [5, 5.41) is 16.7. The molecule has 7 rings (SSSR count). The minimum Gasteiger partial charge on any atom is -0.0512 e. The van der Waals surface area contributed by atoms with Crippen LogP contribution in [0.4, 0.5) is 0 Å². The summed E-state index contributed by atoms with van der Waals surface area (Å²) in [6.07, 6.45) is 0. The number of fused-ring (bicyclic) bond motifs is 10. The molecule has 0 saturated heterocycles. The maximum absolute atomic E-state index is 2.43. The molecule has 142 valence electrons. The first-order valence-corrected chi connectivity index (χ1v) is 10.8. The lowest BCUT2D eigenvalue weighted by atomic mass is 9.84. The molecule has 0 bridgehead atoms. The second kappa shape index (κ2) is 5.21. The van der Waals surface area contributed by atoms with Gasteiger partial charge in [-0.15, -0.1) is 0 Å². The molecule has 0 spiro atoms. The molecule has 7 aromatic carbocycles. The van der Waals surface area contributed by atoms with Crippen LogP contribution in [0.1, 0.15) is 22.3 Å². The molecule has 0 aliphatic heterocycles. The third kappa shape index (κ3) is 1.92. The van der Waals surface area contributed by atoms with Crippen LogP contribution < -0.4 is 0 Å². The van der Waals surface area contributed by atoms with Gasteiger partial charge in [0.15, 0.2) is 0 Å². The van der Waals surface area contributed by atoms with Gasteiger partial charge >= 0.3 is 0 Å². The van der Waals surface area contributed by atoms with Crippen LogP contribution in [-0.4, -0.2) is 0 Å². The van der Waals surface area contributed by atoms with Gasteiger partial charge in [0.1, 0.15) is 0 Å². The summed E-state index contributed by atoms with van der Waals surface area (Å²) in [6, 6.07) is 23.7. The van der Waals surface area contributed by atoms with Crippen molar-refractivity contribution >= 4 is 64.6 Å². The Balaban J connectivity index is 1.55. The van der Waals surface area contributed by atoms with Crippen molar-refractivity contribution in [3.05, 3.63) is 82.9 Å². The smallest absolute Gasteiger partial charge is 0.00921 e. The molecule has 0 unspecified atom stereocenters. The normalized spacial score (nSPS) is 12.7. The second-order valence-electron chi connectivity index (χ2n) is 9.31. The molecule has 0 heteroatoms. The molecule has 0 radical (unpaired) electrons. The molecule has 30 heavy (non-hydrogen) atoms. The van der Waals surface area contributed by atoms with Crippen molar-refractivity contribution in [2.45, 2.75) is 27.7 Å². The van der Waals surface area contributed by atoms with Gasteiger partial charge in [-0.05, 0) is 151 Å². The van der Waals surface area contributed by atoms with Gasteiger partial charge in [-0.25, -0.2) is 0 Å². The first kappa shape index (κ1) is 16.4. The number of hydrogen-bond donors (Lipinski definition) is 0. The van der Waals surface area contributed by atoms with E-state index in [1.165, 1.54) is 86.9 Å². The molecule has 0 atom stereocenters. The lowest BCUT2D eigenvalue weighted by Gasteiger charge is -2.19. The molecule has 0 heterocycles. The predicted octanol–water partition coefficient (Wildman–Crippen LogP) is 8.72. The first-order valence-electron chi connectivity index (χ1n) is 10.8. The summed E-state index contributed by atoms with van der Waals surface area (Å²) in [4.78, 5) is 0. The van der Waals surface area contributed by atoms with Crippen molar-refractivity contribution in [2.75, 3.05) is 0 Å². The molecule has 0 nitrogen and oxygen atoms in total. The van der Waals surface area contributed by atoms with Gasteiger partial charge in [-0.3, -0.25) is 0 Å². The SMILES string of the molecule is Cc1cc2cc3c(cc2cc1C)c1cc2c4cc5cc(C)c(C)cc5cc4c2cc31. The Labute approximate surface area is 175 Å². The highest BCUT2D eigenvalue weighted by molar-refractivity contribution is 6.36. The van der Waals surface area contributed by atoms with E-state index in [9.17, 15) is 0 Å². The van der Waals surface area contributed by atoms with Crippen molar-refractivity contribution in [2.24, 2.45) is 0 Å². The van der Waals surface area contributed by atoms with Crippen molar-refractivity contribution in [3.8, 4) is 0 Å². The lowest BCUT2D eigenvalue weighted by molar-refractivity contribution is 1.37. The van der Waals surface area contributed by atoms with E-state index in [0.29, 0.717) is 0 Å². The second-order valence-corrected chi connectivity index (χ2v) is 9.31. The molecule has 0 aliphatic carbocycles. The quantitative estimate of drug-likeness (QED) is 0.246. The lowest BCUT2D eigenvalue weighted by Crippen LogP contribution is -1.92. The predicted molar refractivity (Wildman–Crippen MR) is 133 cm³/mol. The Hall–Kier alpha value is -3.38. The maximum Gasteiger partial charge on any atom is -0.00921 e. The van der Waals surface area contributed by atoms with Gasteiger partial charge in [0, 0.05) is 0 Å². The Morgan fingerprint density at radius 3 is 0.700 bits per heavy atom. The summed E-state index contributed by atoms with van der Waals surface area (Å²) in [6.45, 7) is 8.81. The molecule has 0 fully saturated rings. The Morgan fingerprint density at radius 1 is 0.267 bits per heavy atom. The fraction of sp³-hybridized carbons (Fsp3) is 0.133. The zero-order valence-electron chi connectivity index (χ0n) is 17.8. The largest absolute Gasteiger partial charge is 0.0512 e.